The molecule has 0 aromatic carbocycles. The number of carbonyl (C=O) groups is 2. The van der Waals surface area contributed by atoms with Gasteiger partial charge in [0, 0.05) is 13.7 Å². The number of aromatic nitrogens is 2. The Morgan fingerprint density at radius 1 is 1.12 bits per heavy atom. The summed E-state index contributed by atoms with van der Waals surface area (Å²) in [5.74, 6) is 7.61. The average molecular weight is 346 g/mol. The molecule has 1 heterocycles. The Bertz CT molecular complexity index is 767. The molecule has 8 heteroatoms. The Kier molecular flexibility index (Phi) is 8.07. The van der Waals surface area contributed by atoms with Gasteiger partial charge in [-0.3, -0.25) is 0 Å². The molecule has 0 aliphatic heterocycles. The quantitative estimate of drug-likeness (QED) is 0.579. The van der Waals surface area contributed by atoms with Crippen molar-refractivity contribution >= 4 is 11.9 Å². The van der Waals surface area contributed by atoms with E-state index in [2.05, 4.69) is 33.6 Å². The molecule has 0 saturated heterocycles. The van der Waals surface area contributed by atoms with E-state index in [1.807, 2.05) is 6.92 Å². The van der Waals surface area contributed by atoms with Crippen LogP contribution in [0, 0.1) is 23.7 Å². The van der Waals surface area contributed by atoms with Crippen LogP contribution in [0.1, 0.15) is 52.6 Å². The summed E-state index contributed by atoms with van der Waals surface area (Å²) in [7, 11) is 1.47. The van der Waals surface area contributed by atoms with Crippen LogP contribution in [0.3, 0.4) is 0 Å². The molecule has 0 amide bonds. The van der Waals surface area contributed by atoms with Gasteiger partial charge in [0.25, 0.3) is 0 Å². The van der Waals surface area contributed by atoms with Gasteiger partial charge < -0.3 is 19.7 Å². The summed E-state index contributed by atoms with van der Waals surface area (Å²) in [6.07, 6.45) is 0.409. The SMILES string of the molecule is CCCOCC#Cc1nc(C(=O)O)c(C(=O)O)nc1C#CC(C)OC. The van der Waals surface area contributed by atoms with Gasteiger partial charge in [-0.1, -0.05) is 18.8 Å². The Morgan fingerprint density at radius 3 is 2.16 bits per heavy atom. The molecular weight excluding hydrogens is 328 g/mol. The normalized spacial score (nSPS) is 10.8. The zero-order chi connectivity index (χ0) is 18.8. The second kappa shape index (κ2) is 10.0. The summed E-state index contributed by atoms with van der Waals surface area (Å²) < 4.78 is 10.2. The lowest BCUT2D eigenvalue weighted by Crippen LogP contribution is -2.16. The zero-order valence-corrected chi connectivity index (χ0v) is 14.1. The van der Waals surface area contributed by atoms with Gasteiger partial charge in [0.1, 0.15) is 24.1 Å². The van der Waals surface area contributed by atoms with E-state index in [4.69, 9.17) is 19.7 Å². The largest absolute Gasteiger partial charge is 0.476 e. The van der Waals surface area contributed by atoms with Crippen LogP contribution in [0.2, 0.25) is 0 Å². The first-order valence-corrected chi connectivity index (χ1v) is 7.40. The summed E-state index contributed by atoms with van der Waals surface area (Å²) in [5.41, 5.74) is -1.46. The van der Waals surface area contributed by atoms with Crippen molar-refractivity contribution in [3.8, 4) is 23.7 Å². The maximum absolute atomic E-state index is 11.2. The van der Waals surface area contributed by atoms with Gasteiger partial charge in [0.05, 0.1) is 0 Å². The lowest BCUT2D eigenvalue weighted by Gasteiger charge is -2.04. The maximum atomic E-state index is 11.2. The minimum atomic E-state index is -1.52. The lowest BCUT2D eigenvalue weighted by molar-refractivity contribution is 0.0641. The summed E-state index contributed by atoms with van der Waals surface area (Å²) in [5, 5.41) is 18.3. The highest BCUT2D eigenvalue weighted by Gasteiger charge is 2.22. The molecule has 1 unspecified atom stereocenters. The fourth-order valence-corrected chi connectivity index (χ4v) is 1.52. The van der Waals surface area contributed by atoms with Crippen molar-refractivity contribution in [2.45, 2.75) is 26.4 Å². The molecule has 0 spiro atoms. The van der Waals surface area contributed by atoms with E-state index in [0.29, 0.717) is 6.61 Å². The van der Waals surface area contributed by atoms with E-state index >= 15 is 0 Å². The van der Waals surface area contributed by atoms with Crippen LogP contribution in [0.15, 0.2) is 0 Å². The van der Waals surface area contributed by atoms with Gasteiger partial charge in [-0.15, -0.1) is 0 Å². The van der Waals surface area contributed by atoms with E-state index in [9.17, 15) is 9.59 Å². The minimum Gasteiger partial charge on any atom is -0.476 e. The van der Waals surface area contributed by atoms with E-state index < -0.39 is 29.4 Å². The number of hydrogen-bond acceptors (Lipinski definition) is 6. The number of carboxylic acid groups (broad SMARTS) is 2. The summed E-state index contributed by atoms with van der Waals surface area (Å²) in [6.45, 7) is 4.30. The van der Waals surface area contributed by atoms with Crippen molar-refractivity contribution in [2.24, 2.45) is 0 Å². The van der Waals surface area contributed by atoms with Gasteiger partial charge >= 0.3 is 11.9 Å². The number of rotatable bonds is 6. The van der Waals surface area contributed by atoms with Crippen LogP contribution in [-0.4, -0.2) is 58.5 Å². The van der Waals surface area contributed by atoms with E-state index in [1.54, 1.807) is 6.92 Å². The molecule has 1 atom stereocenters. The third-order valence-electron chi connectivity index (χ3n) is 2.78. The second-order valence-corrected chi connectivity index (χ2v) is 4.73. The Morgan fingerprint density at radius 2 is 1.68 bits per heavy atom. The highest BCUT2D eigenvalue weighted by Crippen LogP contribution is 2.09. The molecule has 1 aromatic heterocycles. The van der Waals surface area contributed by atoms with Crippen LogP contribution < -0.4 is 0 Å². The highest BCUT2D eigenvalue weighted by molar-refractivity contribution is 5.98. The molecule has 0 aliphatic rings. The predicted octanol–water partition coefficient (Wildman–Crippen LogP) is 1.04. The van der Waals surface area contributed by atoms with E-state index in [-0.39, 0.29) is 18.0 Å². The van der Waals surface area contributed by atoms with Crippen LogP contribution >= 0.6 is 0 Å². The zero-order valence-electron chi connectivity index (χ0n) is 14.1. The molecule has 0 fully saturated rings. The molecule has 1 rings (SSSR count). The molecule has 1 aromatic rings. The fraction of sp³-hybridized carbons (Fsp3) is 0.412. The molecule has 0 saturated carbocycles. The molecule has 0 aliphatic carbocycles. The van der Waals surface area contributed by atoms with E-state index in [1.165, 1.54) is 7.11 Å². The van der Waals surface area contributed by atoms with Crippen molar-refractivity contribution < 1.29 is 29.3 Å². The third kappa shape index (κ3) is 6.22. The fourth-order valence-electron chi connectivity index (χ4n) is 1.52. The standard InChI is InChI=1S/C17H18N2O6/c1-4-9-25-10-5-6-12-13(8-7-11(2)24-3)19-15(17(22)23)14(18-12)16(20)21/h11H,4,9-10H2,1-3H3,(H,20,21)(H,22,23). The number of nitrogens with zero attached hydrogens (tertiary/aromatic N) is 2. The van der Waals surface area contributed by atoms with Crippen molar-refractivity contribution in [3.05, 3.63) is 22.8 Å². The molecule has 0 radical (unpaired) electrons. The van der Waals surface area contributed by atoms with Gasteiger partial charge in [-0.25, -0.2) is 19.6 Å². The van der Waals surface area contributed by atoms with Crippen LogP contribution in [-0.2, 0) is 9.47 Å². The Balaban J connectivity index is 3.37. The van der Waals surface area contributed by atoms with Crippen molar-refractivity contribution in [2.75, 3.05) is 20.3 Å². The maximum Gasteiger partial charge on any atom is 0.357 e. The van der Waals surface area contributed by atoms with Crippen molar-refractivity contribution in [1.29, 1.82) is 0 Å². The Labute approximate surface area is 145 Å². The number of carboxylic acids is 2. The van der Waals surface area contributed by atoms with Crippen LogP contribution in [0.5, 0.6) is 0 Å². The smallest absolute Gasteiger partial charge is 0.357 e. The van der Waals surface area contributed by atoms with Crippen molar-refractivity contribution in [1.82, 2.24) is 9.97 Å². The monoisotopic (exact) mass is 346 g/mol. The van der Waals surface area contributed by atoms with Crippen LogP contribution in [0.25, 0.3) is 0 Å². The molecule has 2 N–H and O–H groups in total. The minimum absolute atomic E-state index is 0.0294. The number of aromatic carboxylic acids is 2. The first-order valence-electron chi connectivity index (χ1n) is 7.40. The van der Waals surface area contributed by atoms with Crippen LogP contribution in [0.4, 0.5) is 0 Å². The molecular formula is C17H18N2O6. The number of methoxy groups -OCH3 is 1. The Hall–Kier alpha value is -2.94. The first-order chi connectivity index (χ1) is 11.9. The summed E-state index contributed by atoms with van der Waals surface area (Å²) >= 11 is 0. The van der Waals surface area contributed by atoms with Gasteiger partial charge in [0.15, 0.2) is 11.4 Å². The molecule has 0 bridgehead atoms. The summed E-state index contributed by atoms with van der Waals surface area (Å²) in [4.78, 5) is 30.0. The third-order valence-corrected chi connectivity index (χ3v) is 2.78. The number of ether oxygens (including phenoxy) is 2. The van der Waals surface area contributed by atoms with Gasteiger partial charge in [-0.05, 0) is 25.2 Å². The highest BCUT2D eigenvalue weighted by atomic mass is 16.5. The topological polar surface area (TPSA) is 119 Å². The molecule has 132 valence electrons. The van der Waals surface area contributed by atoms with Crippen molar-refractivity contribution in [3.63, 3.8) is 0 Å². The predicted molar refractivity (Wildman–Crippen MR) is 87.3 cm³/mol. The van der Waals surface area contributed by atoms with Gasteiger partial charge in [0.2, 0.25) is 0 Å². The average Bonchev–Trinajstić information content (AvgIpc) is 2.59. The lowest BCUT2D eigenvalue weighted by atomic mass is 10.2. The molecule has 25 heavy (non-hydrogen) atoms. The number of hydrogen-bond donors (Lipinski definition) is 2. The summed E-state index contributed by atoms with van der Waals surface area (Å²) in [6, 6.07) is 0. The molecule has 8 nitrogen and oxygen atoms in total. The van der Waals surface area contributed by atoms with Gasteiger partial charge in [-0.2, -0.15) is 0 Å². The van der Waals surface area contributed by atoms with E-state index in [0.717, 1.165) is 6.42 Å². The first kappa shape index (κ1) is 20.1. The second-order valence-electron chi connectivity index (χ2n) is 4.73.